The van der Waals surface area contributed by atoms with Crippen molar-refractivity contribution in [2.45, 2.75) is 31.8 Å². The molecule has 0 saturated carbocycles. The third-order valence-electron chi connectivity index (χ3n) is 1.92. The molecule has 92 valence electrons. The molecule has 4 N–H and O–H groups in total. The minimum Gasteiger partial charge on any atom is -0.481 e. The van der Waals surface area contributed by atoms with Crippen LogP contribution in [0.2, 0.25) is 0 Å². The molecule has 0 heterocycles. The molecule has 0 radical (unpaired) electrons. The van der Waals surface area contributed by atoms with Gasteiger partial charge in [0.1, 0.15) is 6.04 Å². The van der Waals surface area contributed by atoms with E-state index >= 15 is 0 Å². The first kappa shape index (κ1) is 14.4. The molecule has 0 aliphatic heterocycles. The van der Waals surface area contributed by atoms with Crippen molar-refractivity contribution in [1.82, 2.24) is 5.32 Å². The van der Waals surface area contributed by atoms with Crippen LogP contribution in [0.5, 0.6) is 0 Å². The molecule has 2 atom stereocenters. The van der Waals surface area contributed by atoms with E-state index in [-0.39, 0.29) is 12.8 Å². The zero-order chi connectivity index (χ0) is 12.7. The van der Waals surface area contributed by atoms with Crippen molar-refractivity contribution in [2.75, 3.05) is 7.11 Å². The molecular weight excluding hydrogens is 216 g/mol. The number of nitrogens with two attached hydrogens (primary N) is 1. The normalized spacial score (nSPS) is 13.7. The molecule has 0 aromatic rings. The van der Waals surface area contributed by atoms with Gasteiger partial charge in [-0.1, -0.05) is 0 Å². The first-order valence-corrected chi connectivity index (χ1v) is 4.74. The number of carboxylic acid groups (broad SMARTS) is 1. The molecule has 0 aromatic carbocycles. The fourth-order valence-corrected chi connectivity index (χ4v) is 0.966. The van der Waals surface area contributed by atoms with Gasteiger partial charge in [0.05, 0.1) is 13.2 Å². The number of esters is 1. The van der Waals surface area contributed by atoms with Gasteiger partial charge in [-0.05, 0) is 13.3 Å². The number of carboxylic acids is 1. The van der Waals surface area contributed by atoms with Crippen LogP contribution in [0.3, 0.4) is 0 Å². The fraction of sp³-hybridized carbons (Fsp3) is 0.667. The van der Waals surface area contributed by atoms with Crippen LogP contribution >= 0.6 is 0 Å². The third-order valence-corrected chi connectivity index (χ3v) is 1.92. The van der Waals surface area contributed by atoms with Gasteiger partial charge in [0.15, 0.2) is 0 Å². The Hall–Kier alpha value is -1.63. The molecule has 16 heavy (non-hydrogen) atoms. The average molecular weight is 232 g/mol. The van der Waals surface area contributed by atoms with Crippen LogP contribution in [0.25, 0.3) is 0 Å². The summed E-state index contributed by atoms with van der Waals surface area (Å²) in [5.74, 6) is -2.18. The van der Waals surface area contributed by atoms with Crippen molar-refractivity contribution in [2.24, 2.45) is 5.73 Å². The molecule has 0 fully saturated rings. The number of carbonyl (C=O) groups is 3. The number of nitrogens with one attached hydrogen (secondary N) is 1. The Bertz CT molecular complexity index is 279. The van der Waals surface area contributed by atoms with Crippen molar-refractivity contribution < 1.29 is 24.2 Å². The van der Waals surface area contributed by atoms with Crippen molar-refractivity contribution in [1.29, 1.82) is 0 Å². The maximum atomic E-state index is 11.3. The second-order valence-corrected chi connectivity index (χ2v) is 3.29. The molecule has 0 aliphatic rings. The summed E-state index contributed by atoms with van der Waals surface area (Å²) in [7, 11) is 1.20. The van der Waals surface area contributed by atoms with Gasteiger partial charge < -0.3 is 20.9 Å². The molecule has 1 amide bonds. The van der Waals surface area contributed by atoms with Gasteiger partial charge in [0.2, 0.25) is 5.91 Å². The Labute approximate surface area is 92.9 Å². The van der Waals surface area contributed by atoms with Gasteiger partial charge in [0, 0.05) is 6.42 Å². The highest BCUT2D eigenvalue weighted by Gasteiger charge is 2.20. The quantitative estimate of drug-likeness (QED) is 0.498. The SMILES string of the molecule is COC(=O)[C@H](C)NC(=O)C(N)CCC(=O)O. The minimum atomic E-state index is -1.02. The fourth-order valence-electron chi connectivity index (χ4n) is 0.966. The lowest BCUT2D eigenvalue weighted by Gasteiger charge is -2.15. The van der Waals surface area contributed by atoms with Crippen LogP contribution in [0.15, 0.2) is 0 Å². The van der Waals surface area contributed by atoms with E-state index in [1.807, 2.05) is 0 Å². The van der Waals surface area contributed by atoms with Crippen LogP contribution < -0.4 is 11.1 Å². The first-order valence-electron chi connectivity index (χ1n) is 4.74. The molecule has 0 bridgehead atoms. The van der Waals surface area contributed by atoms with Gasteiger partial charge in [-0.15, -0.1) is 0 Å². The van der Waals surface area contributed by atoms with E-state index in [9.17, 15) is 14.4 Å². The number of ether oxygens (including phenoxy) is 1. The number of aliphatic carboxylic acids is 1. The highest BCUT2D eigenvalue weighted by molar-refractivity contribution is 5.87. The van der Waals surface area contributed by atoms with Crippen LogP contribution in [0.1, 0.15) is 19.8 Å². The first-order chi connectivity index (χ1) is 7.38. The summed E-state index contributed by atoms with van der Waals surface area (Å²) in [5, 5.41) is 10.7. The molecule has 1 unspecified atom stereocenters. The van der Waals surface area contributed by atoms with Crippen LogP contribution in [-0.4, -0.2) is 42.1 Å². The van der Waals surface area contributed by atoms with E-state index in [2.05, 4.69) is 10.1 Å². The number of amides is 1. The predicted octanol–water partition coefficient (Wildman–Crippen LogP) is -1.14. The molecule has 0 aliphatic carbocycles. The molecule has 7 heteroatoms. The van der Waals surface area contributed by atoms with Crippen molar-refractivity contribution >= 4 is 17.8 Å². The smallest absolute Gasteiger partial charge is 0.328 e. The second kappa shape index (κ2) is 6.78. The van der Waals surface area contributed by atoms with Gasteiger partial charge in [-0.25, -0.2) is 4.79 Å². The molecule has 0 rings (SSSR count). The number of methoxy groups -OCH3 is 1. The zero-order valence-corrected chi connectivity index (χ0v) is 9.23. The topological polar surface area (TPSA) is 119 Å². The molecule has 0 saturated heterocycles. The molecule has 0 spiro atoms. The maximum absolute atomic E-state index is 11.3. The summed E-state index contributed by atoms with van der Waals surface area (Å²) in [6.07, 6.45) is -0.170. The lowest BCUT2D eigenvalue weighted by atomic mass is 10.1. The number of carbonyl (C=O) groups excluding carboxylic acids is 2. The van der Waals surface area contributed by atoms with Gasteiger partial charge in [-0.2, -0.15) is 0 Å². The van der Waals surface area contributed by atoms with Crippen molar-refractivity contribution in [3.8, 4) is 0 Å². The maximum Gasteiger partial charge on any atom is 0.328 e. The lowest BCUT2D eigenvalue weighted by Crippen LogP contribution is -2.47. The third kappa shape index (κ3) is 5.30. The van der Waals surface area contributed by atoms with E-state index in [1.165, 1.54) is 14.0 Å². The summed E-state index contributed by atoms with van der Waals surface area (Å²) in [4.78, 5) is 32.6. The summed E-state index contributed by atoms with van der Waals surface area (Å²) in [6, 6.07) is -1.74. The lowest BCUT2D eigenvalue weighted by molar-refractivity contribution is -0.145. The Morgan fingerprint density at radius 1 is 1.44 bits per heavy atom. The highest BCUT2D eigenvalue weighted by Crippen LogP contribution is 1.96. The van der Waals surface area contributed by atoms with Gasteiger partial charge >= 0.3 is 11.9 Å². The van der Waals surface area contributed by atoms with E-state index < -0.39 is 29.9 Å². The minimum absolute atomic E-state index is 0.0229. The Balaban J connectivity index is 4.04. The van der Waals surface area contributed by atoms with Crippen molar-refractivity contribution in [3.63, 3.8) is 0 Å². The largest absolute Gasteiger partial charge is 0.481 e. The molecule has 7 nitrogen and oxygen atoms in total. The van der Waals surface area contributed by atoms with Crippen LogP contribution in [-0.2, 0) is 19.1 Å². The van der Waals surface area contributed by atoms with E-state index in [4.69, 9.17) is 10.8 Å². The monoisotopic (exact) mass is 232 g/mol. The summed E-state index contributed by atoms with van der Waals surface area (Å²) in [6.45, 7) is 1.45. The number of rotatable bonds is 6. The summed E-state index contributed by atoms with van der Waals surface area (Å²) in [5.41, 5.74) is 5.43. The number of hydrogen-bond donors (Lipinski definition) is 3. The Morgan fingerprint density at radius 2 is 2.00 bits per heavy atom. The van der Waals surface area contributed by atoms with E-state index in [0.717, 1.165) is 0 Å². The summed E-state index contributed by atoms with van der Waals surface area (Å²) < 4.78 is 4.40. The zero-order valence-electron chi connectivity index (χ0n) is 9.23. The number of hydrogen-bond acceptors (Lipinski definition) is 5. The van der Waals surface area contributed by atoms with Crippen LogP contribution in [0.4, 0.5) is 0 Å². The summed E-state index contributed by atoms with van der Waals surface area (Å²) >= 11 is 0. The van der Waals surface area contributed by atoms with Gasteiger partial charge in [-0.3, -0.25) is 9.59 Å². The van der Waals surface area contributed by atoms with E-state index in [1.54, 1.807) is 0 Å². The standard InChI is InChI=1S/C9H16N2O5/c1-5(9(15)16-2)11-8(14)6(10)3-4-7(12)13/h5-6H,3-4,10H2,1-2H3,(H,11,14)(H,12,13)/t5-,6?/m0/s1. The molecular formula is C9H16N2O5. The van der Waals surface area contributed by atoms with Crippen molar-refractivity contribution in [3.05, 3.63) is 0 Å². The second-order valence-electron chi connectivity index (χ2n) is 3.29. The molecule has 0 aromatic heterocycles. The van der Waals surface area contributed by atoms with Crippen LogP contribution in [0, 0.1) is 0 Å². The predicted molar refractivity (Wildman–Crippen MR) is 54.5 cm³/mol. The Kier molecular flexibility index (Phi) is 6.09. The Morgan fingerprint density at radius 3 is 2.44 bits per heavy atom. The average Bonchev–Trinajstić information content (AvgIpc) is 2.24. The van der Waals surface area contributed by atoms with E-state index in [0.29, 0.717) is 0 Å². The highest BCUT2D eigenvalue weighted by atomic mass is 16.5. The van der Waals surface area contributed by atoms with Gasteiger partial charge in [0.25, 0.3) is 0 Å².